The highest BCUT2D eigenvalue weighted by Crippen LogP contribution is 2.33. The van der Waals surface area contributed by atoms with Crippen molar-refractivity contribution >= 4 is 45.4 Å². The second-order valence-electron chi connectivity index (χ2n) is 5.72. The molecule has 4 nitrogen and oxygen atoms in total. The Balaban J connectivity index is 1.70. The molecular weight excluding hydrogens is 344 g/mol. The molecule has 4 rings (SSSR count). The number of ether oxygens (including phenoxy) is 1. The van der Waals surface area contributed by atoms with Crippen LogP contribution in [0.4, 0.5) is 5.69 Å². The maximum atomic E-state index is 12.3. The average molecular weight is 360 g/mol. The van der Waals surface area contributed by atoms with Crippen molar-refractivity contribution in [2.75, 3.05) is 7.11 Å². The van der Waals surface area contributed by atoms with Crippen molar-refractivity contribution in [3.8, 4) is 5.75 Å². The Morgan fingerprint density at radius 1 is 0.962 bits per heavy atom. The van der Waals surface area contributed by atoms with Gasteiger partial charge in [-0.25, -0.2) is 4.99 Å². The molecule has 26 heavy (non-hydrogen) atoms. The normalized spacial score (nSPS) is 17.0. The second-order valence-corrected chi connectivity index (χ2v) is 6.75. The number of methoxy groups -OCH3 is 1. The van der Waals surface area contributed by atoms with Crippen molar-refractivity contribution < 1.29 is 9.53 Å². The van der Waals surface area contributed by atoms with Crippen molar-refractivity contribution in [1.29, 1.82) is 0 Å². The molecule has 1 amide bonds. The van der Waals surface area contributed by atoms with Gasteiger partial charge in [0.1, 0.15) is 5.75 Å². The van der Waals surface area contributed by atoms with Crippen LogP contribution in [0.3, 0.4) is 0 Å². The number of thioether (sulfide) groups is 1. The fraction of sp³-hybridized carbons (Fsp3) is 0.0476. The number of aliphatic imine (C=N–C) groups is 1. The van der Waals surface area contributed by atoms with Crippen LogP contribution in [-0.4, -0.2) is 18.2 Å². The van der Waals surface area contributed by atoms with Crippen LogP contribution in [0.2, 0.25) is 0 Å². The van der Waals surface area contributed by atoms with Gasteiger partial charge < -0.3 is 10.1 Å². The Kier molecular flexibility index (Phi) is 4.46. The quantitative estimate of drug-likeness (QED) is 0.687. The molecule has 0 bridgehead atoms. The number of hydrogen-bond acceptors (Lipinski definition) is 4. The third kappa shape index (κ3) is 3.21. The Morgan fingerprint density at radius 3 is 2.46 bits per heavy atom. The van der Waals surface area contributed by atoms with Crippen molar-refractivity contribution in [2.45, 2.75) is 0 Å². The molecule has 1 saturated heterocycles. The molecule has 1 N–H and O–H groups in total. The third-order valence-electron chi connectivity index (χ3n) is 4.06. The maximum absolute atomic E-state index is 12.3. The maximum Gasteiger partial charge on any atom is 0.264 e. The third-order valence-corrected chi connectivity index (χ3v) is 4.97. The molecule has 0 saturated carbocycles. The standard InChI is InChI=1S/C21H16N2O2S/c1-25-18-12-11-14(16-9-5-6-10-17(16)18)13-19-20(24)23-21(26-19)22-15-7-3-2-4-8-15/h2-13H,1H3,(H,22,23,24)/b19-13-. The van der Waals surface area contributed by atoms with Crippen LogP contribution < -0.4 is 10.1 Å². The van der Waals surface area contributed by atoms with Gasteiger partial charge in [0, 0.05) is 5.39 Å². The van der Waals surface area contributed by atoms with Gasteiger partial charge in [-0.15, -0.1) is 0 Å². The van der Waals surface area contributed by atoms with E-state index in [1.54, 1.807) is 7.11 Å². The summed E-state index contributed by atoms with van der Waals surface area (Å²) >= 11 is 1.35. The number of carbonyl (C=O) groups excluding carboxylic acids is 1. The fourth-order valence-corrected chi connectivity index (χ4v) is 3.67. The molecule has 1 aliphatic heterocycles. The lowest BCUT2D eigenvalue weighted by atomic mass is 10.0. The highest BCUT2D eigenvalue weighted by atomic mass is 32.2. The van der Waals surface area contributed by atoms with Crippen molar-refractivity contribution in [1.82, 2.24) is 5.32 Å². The van der Waals surface area contributed by atoms with E-state index in [1.165, 1.54) is 11.8 Å². The number of amidine groups is 1. The smallest absolute Gasteiger partial charge is 0.264 e. The van der Waals surface area contributed by atoms with Crippen LogP contribution in [0, 0.1) is 0 Å². The Morgan fingerprint density at radius 2 is 1.69 bits per heavy atom. The minimum atomic E-state index is -0.135. The number of hydrogen-bond donors (Lipinski definition) is 1. The van der Waals surface area contributed by atoms with E-state index in [-0.39, 0.29) is 5.91 Å². The minimum Gasteiger partial charge on any atom is -0.496 e. The van der Waals surface area contributed by atoms with Gasteiger partial charge in [0.05, 0.1) is 17.7 Å². The molecule has 5 heteroatoms. The number of para-hydroxylation sites is 1. The summed E-state index contributed by atoms with van der Waals surface area (Å²) in [5.74, 6) is 0.683. The first-order chi connectivity index (χ1) is 12.7. The number of carbonyl (C=O) groups is 1. The number of nitrogens with one attached hydrogen (secondary N) is 1. The molecule has 0 atom stereocenters. The summed E-state index contributed by atoms with van der Waals surface area (Å²) in [5, 5.41) is 5.47. The molecule has 3 aromatic carbocycles. The fourth-order valence-electron chi connectivity index (χ4n) is 2.84. The highest BCUT2D eigenvalue weighted by Gasteiger charge is 2.24. The molecule has 1 heterocycles. The van der Waals surface area contributed by atoms with Gasteiger partial charge in [-0.1, -0.05) is 48.5 Å². The predicted octanol–water partition coefficient (Wildman–Crippen LogP) is 4.74. The zero-order valence-corrected chi connectivity index (χ0v) is 14.9. The van der Waals surface area contributed by atoms with Gasteiger partial charge in [-0.05, 0) is 47.0 Å². The van der Waals surface area contributed by atoms with Crippen molar-refractivity contribution in [3.05, 3.63) is 77.2 Å². The van der Waals surface area contributed by atoms with Crippen molar-refractivity contribution in [2.24, 2.45) is 4.99 Å². The Labute approximate surface area is 155 Å². The summed E-state index contributed by atoms with van der Waals surface area (Å²) in [6.45, 7) is 0. The van der Waals surface area contributed by atoms with Crippen LogP contribution in [-0.2, 0) is 4.79 Å². The molecule has 0 radical (unpaired) electrons. The molecule has 1 fully saturated rings. The van der Waals surface area contributed by atoms with Gasteiger partial charge in [0.2, 0.25) is 0 Å². The molecule has 3 aromatic rings. The molecule has 0 aliphatic carbocycles. The highest BCUT2D eigenvalue weighted by molar-refractivity contribution is 8.18. The number of rotatable bonds is 3. The van der Waals surface area contributed by atoms with E-state index >= 15 is 0 Å². The van der Waals surface area contributed by atoms with Crippen LogP contribution in [0.1, 0.15) is 5.56 Å². The summed E-state index contributed by atoms with van der Waals surface area (Å²) < 4.78 is 5.43. The summed E-state index contributed by atoms with van der Waals surface area (Å²) in [4.78, 5) is 17.4. The van der Waals surface area contributed by atoms with Crippen LogP contribution >= 0.6 is 11.8 Å². The summed E-state index contributed by atoms with van der Waals surface area (Å²) in [5.41, 5.74) is 1.78. The van der Waals surface area contributed by atoms with E-state index < -0.39 is 0 Å². The predicted molar refractivity (Wildman–Crippen MR) is 108 cm³/mol. The van der Waals surface area contributed by atoms with E-state index in [9.17, 15) is 4.79 Å². The lowest BCUT2D eigenvalue weighted by molar-refractivity contribution is -0.115. The zero-order chi connectivity index (χ0) is 17.9. The summed E-state index contributed by atoms with van der Waals surface area (Å²) in [7, 11) is 1.66. The first-order valence-electron chi connectivity index (χ1n) is 8.15. The molecule has 128 valence electrons. The molecule has 1 aliphatic rings. The topological polar surface area (TPSA) is 50.7 Å². The van der Waals surface area contributed by atoms with Crippen LogP contribution in [0.25, 0.3) is 16.8 Å². The van der Waals surface area contributed by atoms with Crippen LogP contribution in [0.15, 0.2) is 76.6 Å². The monoisotopic (exact) mass is 360 g/mol. The van der Waals surface area contributed by atoms with Gasteiger partial charge in [0.15, 0.2) is 5.17 Å². The van der Waals surface area contributed by atoms with Gasteiger partial charge in [-0.3, -0.25) is 4.79 Å². The van der Waals surface area contributed by atoms with E-state index in [0.29, 0.717) is 10.1 Å². The zero-order valence-electron chi connectivity index (χ0n) is 14.1. The largest absolute Gasteiger partial charge is 0.496 e. The SMILES string of the molecule is COc1ccc(/C=C2\SC(=Nc3ccccc3)NC2=O)c2ccccc12. The van der Waals surface area contributed by atoms with E-state index in [4.69, 9.17) is 4.74 Å². The number of amides is 1. The molecular formula is C21H16N2O2S. The van der Waals surface area contributed by atoms with E-state index in [1.807, 2.05) is 72.8 Å². The number of fused-ring (bicyclic) bond motifs is 1. The van der Waals surface area contributed by atoms with Gasteiger partial charge in [-0.2, -0.15) is 0 Å². The van der Waals surface area contributed by atoms with E-state index in [0.717, 1.165) is 27.8 Å². The molecule has 0 unspecified atom stereocenters. The van der Waals surface area contributed by atoms with Crippen molar-refractivity contribution in [3.63, 3.8) is 0 Å². The van der Waals surface area contributed by atoms with Gasteiger partial charge >= 0.3 is 0 Å². The lowest BCUT2D eigenvalue weighted by Gasteiger charge is -2.08. The molecule has 0 aromatic heterocycles. The van der Waals surface area contributed by atoms with E-state index in [2.05, 4.69) is 10.3 Å². The summed E-state index contributed by atoms with van der Waals surface area (Å²) in [6.07, 6.45) is 1.90. The Bertz CT molecular complexity index is 1040. The molecule has 0 spiro atoms. The summed E-state index contributed by atoms with van der Waals surface area (Å²) in [6, 6.07) is 21.5. The number of nitrogens with zero attached hydrogens (tertiary/aromatic N) is 1. The van der Waals surface area contributed by atoms with Crippen LogP contribution in [0.5, 0.6) is 5.75 Å². The van der Waals surface area contributed by atoms with Gasteiger partial charge in [0.25, 0.3) is 5.91 Å². The second kappa shape index (κ2) is 7.06. The Hall–Kier alpha value is -3.05. The first kappa shape index (κ1) is 16.4. The average Bonchev–Trinajstić information content (AvgIpc) is 3.01. The number of benzene rings is 3. The minimum absolute atomic E-state index is 0.135. The lowest BCUT2D eigenvalue weighted by Crippen LogP contribution is -2.19. The first-order valence-corrected chi connectivity index (χ1v) is 8.96.